The molecular weight excluding hydrogens is 182 g/mol. The minimum Gasteiger partial charge on any atom is -0.383 e. The Bertz CT molecular complexity index is 175. The quantitative estimate of drug-likeness (QED) is 0.565. The van der Waals surface area contributed by atoms with Gasteiger partial charge in [0.05, 0.1) is 6.61 Å². The van der Waals surface area contributed by atoms with Crippen molar-refractivity contribution in [2.24, 2.45) is 11.5 Å². The summed E-state index contributed by atoms with van der Waals surface area (Å²) in [5.41, 5.74) is 10.7. The number of ether oxygens (including phenoxy) is 1. The monoisotopic (exact) mass is 203 g/mol. The maximum atomic E-state index is 10.8. The van der Waals surface area contributed by atoms with E-state index in [1.165, 1.54) is 0 Å². The maximum absolute atomic E-state index is 10.8. The third-order valence-corrected chi connectivity index (χ3v) is 2.39. The van der Waals surface area contributed by atoms with E-state index in [-0.39, 0.29) is 18.0 Å². The molecule has 2 atom stereocenters. The van der Waals surface area contributed by atoms with Crippen molar-refractivity contribution in [3.05, 3.63) is 0 Å². The molecule has 1 amide bonds. The number of methoxy groups -OCH3 is 1. The Morgan fingerprint density at radius 2 is 2.14 bits per heavy atom. The number of hydrogen-bond acceptors (Lipinski definition) is 4. The molecule has 0 spiro atoms. The van der Waals surface area contributed by atoms with E-state index >= 15 is 0 Å². The van der Waals surface area contributed by atoms with E-state index in [1.807, 2.05) is 18.9 Å². The van der Waals surface area contributed by atoms with Crippen LogP contribution in [0.1, 0.15) is 13.3 Å². The molecule has 0 aliphatic rings. The zero-order valence-electron chi connectivity index (χ0n) is 9.19. The zero-order chi connectivity index (χ0) is 11.1. The Labute approximate surface area is 85.4 Å². The van der Waals surface area contributed by atoms with Gasteiger partial charge in [-0.3, -0.25) is 9.69 Å². The molecule has 5 nitrogen and oxygen atoms in total. The molecule has 84 valence electrons. The first-order valence-electron chi connectivity index (χ1n) is 4.72. The lowest BCUT2D eigenvalue weighted by Crippen LogP contribution is -2.46. The minimum atomic E-state index is -0.322. The van der Waals surface area contributed by atoms with Crippen molar-refractivity contribution in [2.45, 2.75) is 25.4 Å². The van der Waals surface area contributed by atoms with Gasteiger partial charge in [-0.1, -0.05) is 0 Å². The number of hydrogen-bond donors (Lipinski definition) is 2. The van der Waals surface area contributed by atoms with Gasteiger partial charge in [-0.25, -0.2) is 0 Å². The summed E-state index contributed by atoms with van der Waals surface area (Å²) in [7, 11) is 3.57. The molecule has 0 saturated heterocycles. The van der Waals surface area contributed by atoms with Gasteiger partial charge in [0.25, 0.3) is 0 Å². The summed E-state index contributed by atoms with van der Waals surface area (Å²) in [4.78, 5) is 12.8. The van der Waals surface area contributed by atoms with Gasteiger partial charge in [-0.15, -0.1) is 0 Å². The molecule has 0 aromatic rings. The average Bonchev–Trinajstić information content (AvgIpc) is 2.13. The highest BCUT2D eigenvalue weighted by atomic mass is 16.5. The number of nitrogens with two attached hydrogens (primary N) is 2. The van der Waals surface area contributed by atoms with Gasteiger partial charge in [0.1, 0.15) is 0 Å². The van der Waals surface area contributed by atoms with Crippen LogP contribution in [0.4, 0.5) is 0 Å². The van der Waals surface area contributed by atoms with Gasteiger partial charge >= 0.3 is 0 Å². The summed E-state index contributed by atoms with van der Waals surface area (Å²) in [6.07, 6.45) is 0.293. The van der Waals surface area contributed by atoms with Crippen LogP contribution in [0.3, 0.4) is 0 Å². The van der Waals surface area contributed by atoms with E-state index < -0.39 is 0 Å². The standard InChI is InChI=1S/C9H21N3O2/c1-7(6-14-3)12(2)8(5-10)4-9(11)13/h7-8H,4-6,10H2,1-3H3,(H2,11,13). The van der Waals surface area contributed by atoms with E-state index in [9.17, 15) is 4.79 Å². The number of amides is 1. The summed E-state index contributed by atoms with van der Waals surface area (Å²) < 4.78 is 5.03. The molecule has 5 heteroatoms. The summed E-state index contributed by atoms with van der Waals surface area (Å²) in [6, 6.07) is 0.227. The van der Waals surface area contributed by atoms with Crippen LogP contribution in [0.15, 0.2) is 0 Å². The molecule has 2 unspecified atom stereocenters. The normalized spacial score (nSPS) is 15.5. The van der Waals surface area contributed by atoms with Crippen LogP contribution in [-0.2, 0) is 9.53 Å². The van der Waals surface area contributed by atoms with Crippen LogP contribution in [0.2, 0.25) is 0 Å². The van der Waals surface area contributed by atoms with Crippen molar-refractivity contribution >= 4 is 5.91 Å². The number of nitrogens with zero attached hydrogens (tertiary/aromatic N) is 1. The molecule has 0 aromatic heterocycles. The second-order valence-electron chi connectivity index (χ2n) is 3.53. The highest BCUT2D eigenvalue weighted by molar-refractivity contribution is 5.74. The summed E-state index contributed by atoms with van der Waals surface area (Å²) in [6.45, 7) is 3.06. The Kier molecular flexibility index (Phi) is 6.44. The molecule has 4 N–H and O–H groups in total. The molecular formula is C9H21N3O2. The Hall–Kier alpha value is -0.650. The van der Waals surface area contributed by atoms with Crippen LogP contribution in [0.25, 0.3) is 0 Å². The second-order valence-corrected chi connectivity index (χ2v) is 3.53. The van der Waals surface area contributed by atoms with Crippen LogP contribution in [0, 0.1) is 0 Å². The van der Waals surface area contributed by atoms with E-state index in [0.717, 1.165) is 0 Å². The van der Waals surface area contributed by atoms with E-state index in [1.54, 1.807) is 7.11 Å². The van der Waals surface area contributed by atoms with Crippen molar-refractivity contribution in [1.82, 2.24) is 4.90 Å². The van der Waals surface area contributed by atoms with E-state index in [4.69, 9.17) is 16.2 Å². The smallest absolute Gasteiger partial charge is 0.219 e. The van der Waals surface area contributed by atoms with E-state index in [2.05, 4.69) is 0 Å². The third-order valence-electron chi connectivity index (χ3n) is 2.39. The van der Waals surface area contributed by atoms with Crippen molar-refractivity contribution in [3.8, 4) is 0 Å². The number of likely N-dealkylation sites (N-methyl/N-ethyl adjacent to an activating group) is 1. The fourth-order valence-electron chi connectivity index (χ4n) is 1.34. The maximum Gasteiger partial charge on any atom is 0.219 e. The van der Waals surface area contributed by atoms with Crippen molar-refractivity contribution in [3.63, 3.8) is 0 Å². The van der Waals surface area contributed by atoms with Crippen molar-refractivity contribution in [2.75, 3.05) is 27.3 Å². The second kappa shape index (κ2) is 6.75. The molecule has 0 aliphatic carbocycles. The van der Waals surface area contributed by atoms with Crippen LogP contribution < -0.4 is 11.5 Å². The SMILES string of the molecule is COCC(C)N(C)C(CN)CC(N)=O. The average molecular weight is 203 g/mol. The Morgan fingerprint density at radius 3 is 2.50 bits per heavy atom. The molecule has 0 aliphatic heterocycles. The number of carbonyl (C=O) groups is 1. The van der Waals surface area contributed by atoms with Gasteiger partial charge in [-0.2, -0.15) is 0 Å². The summed E-state index contributed by atoms with van der Waals surface area (Å²) in [5, 5.41) is 0. The first-order chi connectivity index (χ1) is 6.52. The topological polar surface area (TPSA) is 81.6 Å². The lowest BCUT2D eigenvalue weighted by Gasteiger charge is -2.31. The third kappa shape index (κ3) is 4.55. The lowest BCUT2D eigenvalue weighted by molar-refractivity contribution is -0.119. The molecule has 0 heterocycles. The van der Waals surface area contributed by atoms with Crippen LogP contribution in [0.5, 0.6) is 0 Å². The number of carbonyl (C=O) groups excluding carboxylic acids is 1. The Morgan fingerprint density at radius 1 is 1.57 bits per heavy atom. The first kappa shape index (κ1) is 13.4. The highest BCUT2D eigenvalue weighted by Gasteiger charge is 2.19. The molecule has 0 rings (SSSR count). The van der Waals surface area contributed by atoms with E-state index in [0.29, 0.717) is 19.6 Å². The molecule has 0 saturated carbocycles. The highest BCUT2D eigenvalue weighted by Crippen LogP contribution is 2.05. The minimum absolute atomic E-state index is 0.00218. The fraction of sp³-hybridized carbons (Fsp3) is 0.889. The van der Waals surface area contributed by atoms with Crippen LogP contribution in [-0.4, -0.2) is 50.2 Å². The van der Waals surface area contributed by atoms with Gasteiger partial charge in [0, 0.05) is 32.2 Å². The molecule has 0 radical (unpaired) electrons. The van der Waals surface area contributed by atoms with Gasteiger partial charge in [0.15, 0.2) is 0 Å². The fourth-order valence-corrected chi connectivity index (χ4v) is 1.34. The number of rotatable bonds is 7. The van der Waals surface area contributed by atoms with Gasteiger partial charge in [-0.05, 0) is 14.0 Å². The van der Waals surface area contributed by atoms with Crippen molar-refractivity contribution in [1.29, 1.82) is 0 Å². The van der Waals surface area contributed by atoms with Crippen LogP contribution >= 0.6 is 0 Å². The molecule has 0 aromatic carbocycles. The van der Waals surface area contributed by atoms with Gasteiger partial charge in [0.2, 0.25) is 5.91 Å². The van der Waals surface area contributed by atoms with Gasteiger partial charge < -0.3 is 16.2 Å². The lowest BCUT2D eigenvalue weighted by atomic mass is 10.1. The largest absolute Gasteiger partial charge is 0.383 e. The molecule has 0 bridgehead atoms. The summed E-state index contributed by atoms with van der Waals surface area (Å²) in [5.74, 6) is -0.322. The first-order valence-corrected chi connectivity index (χ1v) is 4.72. The predicted molar refractivity (Wildman–Crippen MR) is 55.8 cm³/mol. The molecule has 14 heavy (non-hydrogen) atoms. The summed E-state index contributed by atoms with van der Waals surface area (Å²) >= 11 is 0. The number of primary amides is 1. The van der Waals surface area contributed by atoms with Crippen molar-refractivity contribution < 1.29 is 9.53 Å². The zero-order valence-corrected chi connectivity index (χ0v) is 9.19. The molecule has 0 fully saturated rings. The Balaban J connectivity index is 4.14. The predicted octanol–water partition coefficient (Wildman–Crippen LogP) is -0.844.